The second-order valence-electron chi connectivity index (χ2n) is 4.38. The highest BCUT2D eigenvalue weighted by Gasteiger charge is 2.12. The molecule has 1 aromatic carbocycles. The molecule has 0 saturated heterocycles. The third-order valence-corrected chi connectivity index (χ3v) is 3.04. The Labute approximate surface area is 120 Å². The van der Waals surface area contributed by atoms with Crippen LogP contribution in [0.25, 0.3) is 0 Å². The van der Waals surface area contributed by atoms with Crippen LogP contribution in [0, 0.1) is 11.6 Å². The van der Waals surface area contributed by atoms with Crippen LogP contribution >= 0.6 is 12.2 Å². The van der Waals surface area contributed by atoms with Gasteiger partial charge in [-0.1, -0.05) is 12.2 Å². The quantitative estimate of drug-likeness (QED) is 0.829. The lowest BCUT2D eigenvalue weighted by molar-refractivity contribution is 0.587. The molecule has 1 heterocycles. The highest BCUT2D eigenvalue weighted by Crippen LogP contribution is 2.20. The van der Waals surface area contributed by atoms with Crippen molar-refractivity contribution in [2.24, 2.45) is 12.8 Å². The third-order valence-electron chi connectivity index (χ3n) is 2.80. The number of hydrogen-bond acceptors (Lipinski definition) is 3. The van der Waals surface area contributed by atoms with Crippen LogP contribution in [-0.2, 0) is 13.5 Å². The lowest BCUT2D eigenvalue weighted by atomic mass is 10.1. The van der Waals surface area contributed by atoms with Gasteiger partial charge in [0.25, 0.3) is 0 Å². The van der Waals surface area contributed by atoms with Crippen LogP contribution in [-0.4, -0.2) is 21.3 Å². The Kier molecular flexibility index (Phi) is 4.29. The van der Waals surface area contributed by atoms with Crippen molar-refractivity contribution in [3.63, 3.8) is 0 Å². The normalized spacial score (nSPS) is 10.6. The molecule has 0 aliphatic heterocycles. The van der Waals surface area contributed by atoms with Crippen molar-refractivity contribution in [1.29, 1.82) is 0 Å². The molecule has 0 radical (unpaired) electrons. The molecular formula is C13H14F2N4S. The molecule has 0 amide bonds. The minimum atomic E-state index is -0.709. The van der Waals surface area contributed by atoms with Gasteiger partial charge in [-0.15, -0.1) is 0 Å². The lowest BCUT2D eigenvalue weighted by Crippen LogP contribution is -2.13. The second kappa shape index (κ2) is 5.96. The van der Waals surface area contributed by atoms with Gasteiger partial charge in [-0.25, -0.2) is 8.78 Å². The van der Waals surface area contributed by atoms with Crippen LogP contribution in [0.2, 0.25) is 0 Å². The van der Waals surface area contributed by atoms with Gasteiger partial charge in [-0.2, -0.15) is 5.10 Å². The smallest absolute Gasteiger partial charge is 0.150 e. The van der Waals surface area contributed by atoms with Crippen molar-refractivity contribution in [2.75, 3.05) is 11.9 Å². The summed E-state index contributed by atoms with van der Waals surface area (Å²) in [5, 5.41) is 6.75. The number of nitrogens with one attached hydrogen (secondary N) is 1. The summed E-state index contributed by atoms with van der Waals surface area (Å²) in [6.07, 6.45) is 4.18. The van der Waals surface area contributed by atoms with Gasteiger partial charge in [0.15, 0.2) is 0 Å². The summed E-state index contributed by atoms with van der Waals surface area (Å²) in [5.74, 6) is -1.42. The zero-order valence-corrected chi connectivity index (χ0v) is 11.7. The molecule has 2 aromatic rings. The van der Waals surface area contributed by atoms with Gasteiger partial charge in [0.1, 0.15) is 22.3 Å². The molecule has 0 bridgehead atoms. The van der Waals surface area contributed by atoms with E-state index in [0.717, 1.165) is 17.7 Å². The number of benzene rings is 1. The highest BCUT2D eigenvalue weighted by molar-refractivity contribution is 7.80. The fourth-order valence-electron chi connectivity index (χ4n) is 1.82. The van der Waals surface area contributed by atoms with E-state index < -0.39 is 11.6 Å². The van der Waals surface area contributed by atoms with E-state index in [-0.39, 0.29) is 16.2 Å². The monoisotopic (exact) mass is 296 g/mol. The summed E-state index contributed by atoms with van der Waals surface area (Å²) < 4.78 is 29.2. The Balaban J connectivity index is 2.04. The zero-order chi connectivity index (χ0) is 14.7. The summed E-state index contributed by atoms with van der Waals surface area (Å²) >= 11 is 4.69. The predicted octanol–water partition coefficient (Wildman–Crippen LogP) is 1.99. The van der Waals surface area contributed by atoms with Gasteiger partial charge in [0.05, 0.1) is 6.20 Å². The van der Waals surface area contributed by atoms with Gasteiger partial charge in [-0.05, 0) is 24.1 Å². The first-order valence-corrected chi connectivity index (χ1v) is 6.38. The number of anilines is 1. The number of aromatic nitrogens is 2. The molecule has 0 unspecified atom stereocenters. The summed E-state index contributed by atoms with van der Waals surface area (Å²) in [7, 11) is 1.81. The average Bonchev–Trinajstić information content (AvgIpc) is 2.78. The molecule has 1 aromatic heterocycles. The van der Waals surface area contributed by atoms with Crippen LogP contribution < -0.4 is 11.1 Å². The maximum absolute atomic E-state index is 13.8. The van der Waals surface area contributed by atoms with E-state index in [9.17, 15) is 8.78 Å². The van der Waals surface area contributed by atoms with E-state index in [2.05, 4.69) is 10.4 Å². The Morgan fingerprint density at radius 3 is 2.55 bits per heavy atom. The second-order valence-corrected chi connectivity index (χ2v) is 4.82. The third kappa shape index (κ3) is 3.30. The topological polar surface area (TPSA) is 55.9 Å². The van der Waals surface area contributed by atoms with Crippen molar-refractivity contribution in [3.05, 3.63) is 47.3 Å². The molecule has 0 saturated carbocycles. The number of aryl methyl sites for hydroxylation is 1. The SMILES string of the molecule is Cn1cc(CCNc2c(F)cc(C(N)=S)cc2F)cn1. The number of hydrogen-bond donors (Lipinski definition) is 2. The fourth-order valence-corrected chi connectivity index (χ4v) is 1.93. The van der Waals surface area contributed by atoms with Crippen molar-refractivity contribution in [3.8, 4) is 0 Å². The fraction of sp³-hybridized carbons (Fsp3) is 0.231. The molecule has 2 rings (SSSR count). The van der Waals surface area contributed by atoms with E-state index in [4.69, 9.17) is 18.0 Å². The Morgan fingerprint density at radius 1 is 1.40 bits per heavy atom. The van der Waals surface area contributed by atoms with Gasteiger partial charge in [0, 0.05) is 25.4 Å². The number of thiocarbonyl (C=S) groups is 1. The maximum atomic E-state index is 13.8. The predicted molar refractivity (Wildman–Crippen MR) is 77.6 cm³/mol. The molecule has 7 heteroatoms. The molecule has 0 aliphatic rings. The van der Waals surface area contributed by atoms with E-state index in [1.54, 1.807) is 10.9 Å². The van der Waals surface area contributed by atoms with Gasteiger partial charge in [-0.3, -0.25) is 4.68 Å². The molecular weight excluding hydrogens is 282 g/mol. The highest BCUT2D eigenvalue weighted by atomic mass is 32.1. The standard InChI is InChI=1S/C13H14F2N4S/c1-19-7-8(6-18-19)2-3-17-12-10(14)4-9(13(16)20)5-11(12)15/h4-7,17H,2-3H2,1H3,(H2,16,20). The zero-order valence-electron chi connectivity index (χ0n) is 10.9. The van der Waals surface area contributed by atoms with E-state index in [1.807, 2.05) is 13.2 Å². The van der Waals surface area contributed by atoms with Crippen LogP contribution in [0.5, 0.6) is 0 Å². The minimum absolute atomic E-state index is 0.0373. The Morgan fingerprint density at radius 2 is 2.05 bits per heavy atom. The van der Waals surface area contributed by atoms with E-state index in [1.165, 1.54) is 0 Å². The van der Waals surface area contributed by atoms with Crippen LogP contribution in [0.4, 0.5) is 14.5 Å². The molecule has 4 nitrogen and oxygen atoms in total. The Bertz CT molecular complexity index is 616. The number of halogens is 2. The first-order chi connectivity index (χ1) is 9.47. The lowest BCUT2D eigenvalue weighted by Gasteiger charge is -2.09. The van der Waals surface area contributed by atoms with Gasteiger partial charge >= 0.3 is 0 Å². The van der Waals surface area contributed by atoms with Crippen LogP contribution in [0.15, 0.2) is 24.5 Å². The Hall–Kier alpha value is -2.02. The van der Waals surface area contributed by atoms with Crippen molar-refractivity contribution in [2.45, 2.75) is 6.42 Å². The summed E-state index contributed by atoms with van der Waals surface area (Å²) in [6, 6.07) is 2.25. The molecule has 106 valence electrons. The van der Waals surface area contributed by atoms with Crippen molar-refractivity contribution >= 4 is 22.9 Å². The first-order valence-electron chi connectivity index (χ1n) is 5.97. The van der Waals surface area contributed by atoms with E-state index >= 15 is 0 Å². The molecule has 0 atom stereocenters. The van der Waals surface area contributed by atoms with E-state index in [0.29, 0.717) is 13.0 Å². The molecule has 0 aliphatic carbocycles. The van der Waals surface area contributed by atoms with Crippen molar-refractivity contribution < 1.29 is 8.78 Å². The largest absolute Gasteiger partial charge is 0.389 e. The van der Waals surface area contributed by atoms with Crippen LogP contribution in [0.1, 0.15) is 11.1 Å². The van der Waals surface area contributed by atoms with Gasteiger partial charge < -0.3 is 11.1 Å². The van der Waals surface area contributed by atoms with Crippen LogP contribution in [0.3, 0.4) is 0 Å². The van der Waals surface area contributed by atoms with Gasteiger partial charge in [0.2, 0.25) is 0 Å². The summed E-state index contributed by atoms with van der Waals surface area (Å²) in [6.45, 7) is 0.395. The first kappa shape index (κ1) is 14.4. The molecule has 0 spiro atoms. The molecule has 20 heavy (non-hydrogen) atoms. The molecule has 3 N–H and O–H groups in total. The number of nitrogens with two attached hydrogens (primary N) is 1. The van der Waals surface area contributed by atoms with Crippen molar-refractivity contribution in [1.82, 2.24) is 9.78 Å². The summed E-state index contributed by atoms with van der Waals surface area (Å²) in [5.41, 5.74) is 6.34. The summed E-state index contributed by atoms with van der Waals surface area (Å²) in [4.78, 5) is -0.0373. The number of nitrogens with zero attached hydrogens (tertiary/aromatic N) is 2. The number of rotatable bonds is 5. The maximum Gasteiger partial charge on any atom is 0.150 e. The molecule has 0 fully saturated rings. The minimum Gasteiger partial charge on any atom is -0.389 e. The average molecular weight is 296 g/mol.